The van der Waals surface area contributed by atoms with E-state index >= 15 is 0 Å². The molecule has 1 unspecified atom stereocenters. The van der Waals surface area contributed by atoms with E-state index in [1.807, 2.05) is 0 Å². The maximum Gasteiger partial charge on any atom is 0.263 e. The second-order valence-electron chi connectivity index (χ2n) is 8.14. The number of nitrogens with zero attached hydrogens (tertiary/aromatic N) is 2. The van der Waals surface area contributed by atoms with E-state index in [9.17, 15) is 13.2 Å². The van der Waals surface area contributed by atoms with Crippen molar-refractivity contribution in [1.82, 2.24) is 14.9 Å². The minimum Gasteiger partial charge on any atom is -0.354 e. The van der Waals surface area contributed by atoms with Crippen molar-refractivity contribution in [3.05, 3.63) is 52.2 Å². The van der Waals surface area contributed by atoms with E-state index in [1.165, 1.54) is 17.7 Å². The number of rotatable bonds is 7. The number of hydrogen-bond acceptors (Lipinski definition) is 6. The number of amidine groups is 1. The Morgan fingerprint density at radius 1 is 1.26 bits per heavy atom. The summed E-state index contributed by atoms with van der Waals surface area (Å²) in [4.78, 5) is 20.8. The molecule has 31 heavy (non-hydrogen) atoms. The van der Waals surface area contributed by atoms with Gasteiger partial charge >= 0.3 is 0 Å². The summed E-state index contributed by atoms with van der Waals surface area (Å²) in [5.74, 6) is 0.986. The number of likely N-dealkylation sites (tertiary alicyclic amines) is 1. The van der Waals surface area contributed by atoms with Crippen LogP contribution in [0.2, 0.25) is 0 Å². The van der Waals surface area contributed by atoms with Gasteiger partial charge in [0.25, 0.3) is 10.0 Å². The number of sulfonamides is 1. The average Bonchev–Trinajstić information content (AvgIpc) is 3.37. The van der Waals surface area contributed by atoms with Gasteiger partial charge in [-0.2, -0.15) is 0 Å². The van der Waals surface area contributed by atoms with Gasteiger partial charge in [-0.05, 0) is 55.4 Å². The van der Waals surface area contributed by atoms with Gasteiger partial charge in [0.15, 0.2) is 0 Å². The van der Waals surface area contributed by atoms with Crippen molar-refractivity contribution in [3.63, 3.8) is 0 Å². The maximum atomic E-state index is 12.5. The van der Waals surface area contributed by atoms with E-state index in [2.05, 4.69) is 44.4 Å². The Balaban J connectivity index is 1.33. The van der Waals surface area contributed by atoms with Crippen LogP contribution in [-0.2, 0) is 14.8 Å². The van der Waals surface area contributed by atoms with Gasteiger partial charge in [-0.3, -0.25) is 19.4 Å². The molecule has 2 aromatic rings. The first-order valence-corrected chi connectivity index (χ1v) is 13.0. The van der Waals surface area contributed by atoms with E-state index in [-0.39, 0.29) is 29.8 Å². The molecule has 2 aliphatic rings. The van der Waals surface area contributed by atoms with Crippen molar-refractivity contribution in [2.24, 2.45) is 10.9 Å². The summed E-state index contributed by atoms with van der Waals surface area (Å²) in [6.45, 7) is 5.19. The van der Waals surface area contributed by atoms with Crippen molar-refractivity contribution in [2.45, 2.75) is 37.1 Å². The highest BCUT2D eigenvalue weighted by atomic mass is 32.2. The number of fused-ring (bicyclic) bond motifs is 1. The minimum atomic E-state index is -3.55. The third kappa shape index (κ3) is 5.16. The summed E-state index contributed by atoms with van der Waals surface area (Å²) in [6.07, 6.45) is 2.58. The second-order valence-corrected chi connectivity index (χ2v) is 10.8. The molecule has 9 heteroatoms. The molecule has 1 saturated heterocycles. The largest absolute Gasteiger partial charge is 0.354 e. The normalized spacial score (nSPS) is 20.9. The fourth-order valence-electron chi connectivity index (χ4n) is 4.05. The molecule has 3 heterocycles. The molecule has 0 saturated carbocycles. The molecule has 166 valence electrons. The zero-order chi connectivity index (χ0) is 21.8. The van der Waals surface area contributed by atoms with E-state index in [0.717, 1.165) is 19.0 Å². The fourth-order valence-corrected chi connectivity index (χ4v) is 6.16. The minimum absolute atomic E-state index is 0.0783. The maximum absolute atomic E-state index is 12.5. The van der Waals surface area contributed by atoms with Crippen molar-refractivity contribution < 1.29 is 13.2 Å². The number of benzene rings is 1. The Hall–Kier alpha value is -2.23. The van der Waals surface area contributed by atoms with Crippen LogP contribution in [0.15, 0.2) is 51.7 Å². The Morgan fingerprint density at radius 2 is 2.03 bits per heavy atom. The molecule has 1 amide bonds. The topological polar surface area (TPSA) is 90.9 Å². The van der Waals surface area contributed by atoms with Crippen LogP contribution < -0.4 is 10.0 Å². The summed E-state index contributed by atoms with van der Waals surface area (Å²) in [5.41, 5.74) is 0.556. The molecule has 1 aromatic carbocycles. The number of hydrogen-bond donors (Lipinski definition) is 2. The lowest BCUT2D eigenvalue weighted by molar-refractivity contribution is -0.121. The van der Waals surface area contributed by atoms with Gasteiger partial charge in [-0.25, -0.2) is 8.42 Å². The predicted octanol–water partition coefficient (Wildman–Crippen LogP) is 2.77. The molecule has 2 N–H and O–H groups in total. The molecule has 0 bridgehead atoms. The molecular formula is C22H28N4O3S2. The van der Waals surface area contributed by atoms with Gasteiger partial charge < -0.3 is 5.32 Å². The lowest BCUT2D eigenvalue weighted by Gasteiger charge is -2.36. The van der Waals surface area contributed by atoms with Crippen LogP contribution in [0.4, 0.5) is 0 Å². The van der Waals surface area contributed by atoms with E-state index in [0.29, 0.717) is 17.9 Å². The van der Waals surface area contributed by atoms with Crippen LogP contribution in [0.3, 0.4) is 0 Å². The SMILES string of the molecule is CC1CCN(C(CNC(=O)CCN=C2NS(=O)(=O)c3ccccc32)c2cccs2)CC1. The molecule has 1 atom stereocenters. The third-order valence-electron chi connectivity index (χ3n) is 5.89. The summed E-state index contributed by atoms with van der Waals surface area (Å²) in [7, 11) is -3.55. The predicted molar refractivity (Wildman–Crippen MR) is 123 cm³/mol. The molecule has 1 fully saturated rings. The number of carbonyl (C=O) groups excluding carboxylic acids is 1. The summed E-state index contributed by atoms with van der Waals surface area (Å²) >= 11 is 1.73. The summed E-state index contributed by atoms with van der Waals surface area (Å²) in [6, 6.07) is 11.1. The quantitative estimate of drug-likeness (QED) is 0.665. The smallest absolute Gasteiger partial charge is 0.263 e. The van der Waals surface area contributed by atoms with E-state index in [1.54, 1.807) is 35.6 Å². The highest BCUT2D eigenvalue weighted by Crippen LogP contribution is 2.29. The molecule has 4 rings (SSSR count). The first kappa shape index (κ1) is 22.0. The molecule has 0 spiro atoms. The Labute approximate surface area is 187 Å². The first-order valence-electron chi connectivity index (χ1n) is 10.6. The van der Waals surface area contributed by atoms with Crippen LogP contribution in [-0.4, -0.2) is 51.2 Å². The van der Waals surface area contributed by atoms with Crippen LogP contribution in [0, 0.1) is 5.92 Å². The molecule has 0 radical (unpaired) electrons. The molecule has 2 aliphatic heterocycles. The molecule has 1 aromatic heterocycles. The zero-order valence-corrected chi connectivity index (χ0v) is 19.2. The van der Waals surface area contributed by atoms with Gasteiger partial charge in [0, 0.05) is 23.4 Å². The Morgan fingerprint density at radius 3 is 2.77 bits per heavy atom. The average molecular weight is 461 g/mol. The fraction of sp³-hybridized carbons (Fsp3) is 0.455. The first-order chi connectivity index (χ1) is 14.9. The van der Waals surface area contributed by atoms with E-state index < -0.39 is 10.0 Å². The highest BCUT2D eigenvalue weighted by Gasteiger charge is 2.30. The number of carbonyl (C=O) groups is 1. The standard InChI is InChI=1S/C22H28N4O3S2/c1-16-9-12-26(13-10-16)18(19-6-4-14-30-19)15-24-21(27)8-11-23-22-17-5-2-3-7-20(17)31(28,29)25-22/h2-7,14,16,18H,8-13,15H2,1H3,(H,23,25)(H,24,27). The number of aliphatic imine (C=N–C) groups is 1. The Bertz CT molecular complexity index is 1040. The lowest BCUT2D eigenvalue weighted by Crippen LogP contribution is -2.41. The van der Waals surface area contributed by atoms with Crippen LogP contribution in [0.1, 0.15) is 42.7 Å². The van der Waals surface area contributed by atoms with Gasteiger partial charge in [0.1, 0.15) is 5.84 Å². The number of thiophene rings is 1. The van der Waals surface area contributed by atoms with Gasteiger partial charge in [-0.1, -0.05) is 25.1 Å². The summed E-state index contributed by atoms with van der Waals surface area (Å²) in [5, 5.41) is 5.14. The number of piperidine rings is 1. The van der Waals surface area contributed by atoms with Gasteiger partial charge in [0.05, 0.1) is 17.5 Å². The molecule has 7 nitrogen and oxygen atoms in total. The molecule has 0 aliphatic carbocycles. The molecular weight excluding hydrogens is 432 g/mol. The summed E-state index contributed by atoms with van der Waals surface area (Å²) < 4.78 is 26.8. The monoisotopic (exact) mass is 460 g/mol. The van der Waals surface area contributed by atoms with Crippen molar-refractivity contribution in [3.8, 4) is 0 Å². The van der Waals surface area contributed by atoms with Crippen LogP contribution in [0.5, 0.6) is 0 Å². The number of nitrogens with one attached hydrogen (secondary N) is 2. The highest BCUT2D eigenvalue weighted by molar-refractivity contribution is 7.90. The second kappa shape index (κ2) is 9.50. The van der Waals surface area contributed by atoms with E-state index in [4.69, 9.17) is 0 Å². The van der Waals surface area contributed by atoms with Gasteiger partial charge in [-0.15, -0.1) is 11.3 Å². The van der Waals surface area contributed by atoms with Crippen molar-refractivity contribution in [2.75, 3.05) is 26.2 Å². The van der Waals surface area contributed by atoms with Gasteiger partial charge in [0.2, 0.25) is 5.91 Å². The Kier molecular flexibility index (Phi) is 6.74. The van der Waals surface area contributed by atoms with Crippen molar-refractivity contribution in [1.29, 1.82) is 0 Å². The zero-order valence-electron chi connectivity index (χ0n) is 17.6. The van der Waals surface area contributed by atoms with Crippen LogP contribution >= 0.6 is 11.3 Å². The van der Waals surface area contributed by atoms with Crippen molar-refractivity contribution >= 4 is 33.1 Å². The van der Waals surface area contributed by atoms with Crippen LogP contribution in [0.25, 0.3) is 0 Å². The lowest BCUT2D eigenvalue weighted by atomic mass is 9.97. The number of amides is 1. The third-order valence-corrected chi connectivity index (χ3v) is 8.27.